The molecular weight excluding hydrogens is 432 g/mol. The maximum atomic E-state index is 15.0. The van der Waals surface area contributed by atoms with Gasteiger partial charge in [-0.3, -0.25) is 0 Å². The Hall–Kier alpha value is -4.40. The maximum absolute atomic E-state index is 15.0. The second kappa shape index (κ2) is 8.99. The van der Waals surface area contributed by atoms with E-state index in [0.717, 1.165) is 14.2 Å². The molecule has 0 saturated carbocycles. The minimum Gasteiger partial charge on any atom is -0.465 e. The smallest absolute Gasteiger partial charge is 0.357 e. The number of aromatic nitrogens is 3. The molecule has 0 bridgehead atoms. The van der Waals surface area contributed by atoms with Gasteiger partial charge in [0.1, 0.15) is 17.1 Å². The number of rotatable bonds is 5. The third kappa shape index (κ3) is 4.08. The van der Waals surface area contributed by atoms with Crippen LogP contribution in [0.1, 0.15) is 20.8 Å². The van der Waals surface area contributed by atoms with Crippen LogP contribution in [0.4, 0.5) is 8.78 Å². The van der Waals surface area contributed by atoms with Gasteiger partial charge >= 0.3 is 11.9 Å². The molecule has 0 atom stereocenters. The van der Waals surface area contributed by atoms with E-state index in [2.05, 4.69) is 10.1 Å². The average molecular weight is 449 g/mol. The minimum absolute atomic E-state index is 0.0583. The van der Waals surface area contributed by atoms with Gasteiger partial charge in [-0.15, -0.1) is 0 Å². The van der Waals surface area contributed by atoms with Crippen molar-refractivity contribution < 1.29 is 27.8 Å². The number of methoxy groups -OCH3 is 2. The van der Waals surface area contributed by atoms with Crippen LogP contribution in [0, 0.1) is 11.8 Å². The van der Waals surface area contributed by atoms with Crippen LogP contribution in [0.15, 0.2) is 66.9 Å². The van der Waals surface area contributed by atoms with Gasteiger partial charge in [0.15, 0.2) is 5.69 Å². The van der Waals surface area contributed by atoms with Crippen molar-refractivity contribution in [2.24, 2.45) is 0 Å². The number of carbonyl (C=O) groups is 2. The van der Waals surface area contributed by atoms with Gasteiger partial charge in [-0.2, -0.15) is 9.49 Å². The zero-order valence-corrected chi connectivity index (χ0v) is 17.6. The fraction of sp³-hybridized carbons (Fsp3) is 0.0833. The molecule has 0 amide bonds. The number of hydrogen-bond donors (Lipinski definition) is 0. The molecule has 0 aliphatic heterocycles. The van der Waals surface area contributed by atoms with Crippen LogP contribution < -0.4 is 0 Å². The molecule has 2 aromatic heterocycles. The lowest BCUT2D eigenvalue weighted by molar-refractivity contribution is 0.0549. The standard InChI is InChI=1S/C24H17F2N3O4/c1-32-23(30)20-21(28-29(22(20)24(31)33-2)16-6-4-3-5-7-16)17-12-14(8-10-18(17)25)15-9-11-19(26)27-13-15/h3-13H,1-2H3. The highest BCUT2D eigenvalue weighted by Gasteiger charge is 2.32. The molecule has 0 unspecified atom stereocenters. The number of nitrogens with zero attached hydrogens (tertiary/aromatic N) is 3. The van der Waals surface area contributed by atoms with E-state index in [4.69, 9.17) is 9.47 Å². The second-order valence-corrected chi connectivity index (χ2v) is 6.87. The Kier molecular flexibility index (Phi) is 5.95. The average Bonchev–Trinajstić information content (AvgIpc) is 3.25. The van der Waals surface area contributed by atoms with Crippen molar-refractivity contribution >= 4 is 11.9 Å². The Labute approximate surface area is 187 Å². The van der Waals surface area contributed by atoms with Crippen LogP contribution >= 0.6 is 0 Å². The summed E-state index contributed by atoms with van der Waals surface area (Å²) in [6.07, 6.45) is 1.30. The van der Waals surface area contributed by atoms with E-state index in [-0.39, 0.29) is 22.5 Å². The van der Waals surface area contributed by atoms with Crippen LogP contribution in [-0.2, 0) is 9.47 Å². The first-order valence-corrected chi connectivity index (χ1v) is 9.71. The van der Waals surface area contributed by atoms with Gasteiger partial charge in [0.25, 0.3) is 0 Å². The van der Waals surface area contributed by atoms with E-state index >= 15 is 4.39 Å². The van der Waals surface area contributed by atoms with Crippen molar-refractivity contribution in [3.8, 4) is 28.1 Å². The van der Waals surface area contributed by atoms with E-state index in [1.165, 1.54) is 41.2 Å². The van der Waals surface area contributed by atoms with Crippen molar-refractivity contribution in [2.45, 2.75) is 0 Å². The third-order valence-corrected chi connectivity index (χ3v) is 4.94. The molecule has 33 heavy (non-hydrogen) atoms. The summed E-state index contributed by atoms with van der Waals surface area (Å²) in [5.41, 5.74) is 0.850. The summed E-state index contributed by atoms with van der Waals surface area (Å²) in [6.45, 7) is 0. The lowest BCUT2D eigenvalue weighted by atomic mass is 9.99. The first-order chi connectivity index (χ1) is 15.9. The van der Waals surface area contributed by atoms with Gasteiger partial charge in [-0.05, 0) is 42.0 Å². The third-order valence-electron chi connectivity index (χ3n) is 4.94. The molecule has 0 spiro atoms. The first kappa shape index (κ1) is 21.8. The topological polar surface area (TPSA) is 83.3 Å². The normalized spacial score (nSPS) is 10.7. The zero-order chi connectivity index (χ0) is 23.5. The molecule has 0 fully saturated rings. The zero-order valence-electron chi connectivity index (χ0n) is 17.6. The molecule has 0 aliphatic carbocycles. The van der Waals surface area contributed by atoms with E-state index in [1.54, 1.807) is 30.3 Å². The molecule has 4 rings (SSSR count). The van der Waals surface area contributed by atoms with Crippen LogP contribution in [0.5, 0.6) is 0 Å². The Bertz CT molecular complexity index is 1340. The number of para-hydroxylation sites is 1. The molecule has 2 aromatic carbocycles. The number of benzene rings is 2. The van der Waals surface area contributed by atoms with E-state index in [1.807, 2.05) is 0 Å². The number of ether oxygens (including phenoxy) is 2. The summed E-state index contributed by atoms with van der Waals surface area (Å²) in [5, 5.41) is 4.40. The number of halogens is 2. The van der Waals surface area contributed by atoms with Crippen molar-refractivity contribution in [3.05, 3.63) is 89.9 Å². The lowest BCUT2D eigenvalue weighted by Crippen LogP contribution is -2.15. The fourth-order valence-corrected chi connectivity index (χ4v) is 3.38. The van der Waals surface area contributed by atoms with Gasteiger partial charge in [0.2, 0.25) is 5.95 Å². The highest BCUT2D eigenvalue weighted by atomic mass is 19.1. The summed E-state index contributed by atoms with van der Waals surface area (Å²) >= 11 is 0. The predicted octanol–water partition coefficient (Wildman–Crippen LogP) is 4.45. The van der Waals surface area contributed by atoms with Crippen molar-refractivity contribution in [1.29, 1.82) is 0 Å². The number of esters is 2. The Morgan fingerprint density at radius 3 is 2.21 bits per heavy atom. The minimum atomic E-state index is -0.888. The SMILES string of the molecule is COC(=O)c1c(-c2cc(-c3ccc(F)nc3)ccc2F)nn(-c2ccccc2)c1C(=O)OC. The van der Waals surface area contributed by atoms with E-state index in [0.29, 0.717) is 16.8 Å². The molecule has 166 valence electrons. The van der Waals surface area contributed by atoms with Crippen molar-refractivity contribution in [2.75, 3.05) is 14.2 Å². The summed E-state index contributed by atoms with van der Waals surface area (Å²) in [4.78, 5) is 29.0. The van der Waals surface area contributed by atoms with Gasteiger partial charge in [0, 0.05) is 17.3 Å². The molecule has 9 heteroatoms. The first-order valence-electron chi connectivity index (χ1n) is 9.71. The number of carbonyl (C=O) groups excluding carboxylic acids is 2. The summed E-state index contributed by atoms with van der Waals surface area (Å²) in [6, 6.07) is 15.3. The Morgan fingerprint density at radius 2 is 1.58 bits per heavy atom. The van der Waals surface area contributed by atoms with Gasteiger partial charge in [0.05, 0.1) is 19.9 Å². The van der Waals surface area contributed by atoms with Crippen molar-refractivity contribution in [1.82, 2.24) is 14.8 Å². The predicted molar refractivity (Wildman–Crippen MR) is 115 cm³/mol. The summed E-state index contributed by atoms with van der Waals surface area (Å²) in [7, 11) is 2.30. The van der Waals surface area contributed by atoms with Gasteiger partial charge < -0.3 is 9.47 Å². The lowest BCUT2D eigenvalue weighted by Gasteiger charge is -2.08. The van der Waals surface area contributed by atoms with Gasteiger partial charge in [-0.25, -0.2) is 23.6 Å². The molecule has 4 aromatic rings. The number of pyridine rings is 1. The summed E-state index contributed by atoms with van der Waals surface area (Å²) < 4.78 is 39.2. The molecule has 2 heterocycles. The second-order valence-electron chi connectivity index (χ2n) is 6.87. The molecule has 0 saturated heterocycles. The van der Waals surface area contributed by atoms with Crippen LogP contribution in [0.3, 0.4) is 0 Å². The molecular formula is C24H17F2N3O4. The molecule has 0 N–H and O–H groups in total. The molecule has 7 nitrogen and oxygen atoms in total. The van der Waals surface area contributed by atoms with Gasteiger partial charge in [-0.1, -0.05) is 24.3 Å². The maximum Gasteiger partial charge on any atom is 0.357 e. The van der Waals surface area contributed by atoms with Crippen LogP contribution in [-0.4, -0.2) is 40.9 Å². The quantitative estimate of drug-likeness (QED) is 0.331. The number of hydrogen-bond acceptors (Lipinski definition) is 6. The largest absolute Gasteiger partial charge is 0.465 e. The Balaban J connectivity index is 2.00. The summed E-state index contributed by atoms with van der Waals surface area (Å²) in [5.74, 6) is -3.08. The molecule has 0 radical (unpaired) electrons. The van der Waals surface area contributed by atoms with E-state index in [9.17, 15) is 14.0 Å². The highest BCUT2D eigenvalue weighted by molar-refractivity contribution is 6.07. The van der Waals surface area contributed by atoms with Crippen molar-refractivity contribution in [3.63, 3.8) is 0 Å². The van der Waals surface area contributed by atoms with Crippen LogP contribution in [0.2, 0.25) is 0 Å². The van der Waals surface area contributed by atoms with E-state index < -0.39 is 23.7 Å². The molecule has 0 aliphatic rings. The Morgan fingerprint density at radius 1 is 0.879 bits per heavy atom. The van der Waals surface area contributed by atoms with Crippen LogP contribution in [0.25, 0.3) is 28.1 Å². The monoisotopic (exact) mass is 449 g/mol. The highest BCUT2D eigenvalue weighted by Crippen LogP contribution is 2.33. The fourth-order valence-electron chi connectivity index (χ4n) is 3.38.